The first-order chi connectivity index (χ1) is 16.9. The molecule has 1 fully saturated rings. The Morgan fingerprint density at radius 2 is 1.77 bits per heavy atom. The van der Waals surface area contributed by atoms with Crippen LogP contribution in [0, 0.1) is 0 Å². The van der Waals surface area contributed by atoms with Gasteiger partial charge in [0, 0.05) is 59.3 Å². The standard InChI is InChI=1S/C26H35N9/c1-16(2)34-12-11-22(33-34)21-15-28-25(13-23(21)30-20-8-6-19(27)7-9-20)31-24-10-5-18-14-29-35(17(3)4)26(18)32-24/h5,10-17,19-20H,6-9,27H2,1-4H3,(H2,28,30,31,32). The molecule has 0 atom stereocenters. The van der Waals surface area contributed by atoms with E-state index in [9.17, 15) is 0 Å². The van der Waals surface area contributed by atoms with E-state index in [1.807, 2.05) is 40.1 Å². The number of anilines is 3. The number of rotatable bonds is 7. The van der Waals surface area contributed by atoms with Crippen molar-refractivity contribution in [2.45, 2.75) is 77.5 Å². The molecule has 9 heteroatoms. The molecule has 0 saturated heterocycles. The average molecular weight is 474 g/mol. The first-order valence-corrected chi connectivity index (χ1v) is 12.6. The predicted octanol–water partition coefficient (Wildman–Crippen LogP) is 5.28. The SMILES string of the molecule is CC(C)n1ccc(-c2cnc(Nc3ccc4cnn(C(C)C)c4n3)cc2NC2CCC(N)CC2)n1. The van der Waals surface area contributed by atoms with Crippen LogP contribution in [-0.4, -0.2) is 41.6 Å². The molecule has 0 aliphatic heterocycles. The predicted molar refractivity (Wildman–Crippen MR) is 141 cm³/mol. The maximum Gasteiger partial charge on any atom is 0.160 e. The Kier molecular flexibility index (Phi) is 6.42. The van der Waals surface area contributed by atoms with E-state index in [0.29, 0.717) is 18.1 Å². The van der Waals surface area contributed by atoms with Gasteiger partial charge >= 0.3 is 0 Å². The second-order valence-corrected chi connectivity index (χ2v) is 10.1. The Bertz CT molecular complexity index is 1300. The van der Waals surface area contributed by atoms with Crippen LogP contribution in [0.3, 0.4) is 0 Å². The molecule has 35 heavy (non-hydrogen) atoms. The lowest BCUT2D eigenvalue weighted by Crippen LogP contribution is -2.32. The molecule has 4 aromatic heterocycles. The molecule has 4 heterocycles. The van der Waals surface area contributed by atoms with Crippen molar-refractivity contribution in [2.24, 2.45) is 5.73 Å². The van der Waals surface area contributed by atoms with Crippen molar-refractivity contribution in [3.8, 4) is 11.3 Å². The fourth-order valence-corrected chi connectivity index (χ4v) is 4.60. The number of nitrogens with two attached hydrogens (primary N) is 1. The molecule has 0 spiro atoms. The summed E-state index contributed by atoms with van der Waals surface area (Å²) in [6.07, 6.45) is 9.97. The Hall–Kier alpha value is -3.46. The minimum absolute atomic E-state index is 0.234. The highest BCUT2D eigenvalue weighted by molar-refractivity contribution is 5.80. The lowest BCUT2D eigenvalue weighted by Gasteiger charge is -2.28. The lowest BCUT2D eigenvalue weighted by molar-refractivity contribution is 0.411. The van der Waals surface area contributed by atoms with E-state index >= 15 is 0 Å². The topological polar surface area (TPSA) is 112 Å². The van der Waals surface area contributed by atoms with Crippen molar-refractivity contribution < 1.29 is 0 Å². The van der Waals surface area contributed by atoms with Gasteiger partial charge < -0.3 is 16.4 Å². The van der Waals surface area contributed by atoms with Crippen molar-refractivity contribution >= 4 is 28.4 Å². The van der Waals surface area contributed by atoms with Gasteiger partial charge in [-0.15, -0.1) is 0 Å². The summed E-state index contributed by atoms with van der Waals surface area (Å²) in [5.74, 6) is 1.47. The van der Waals surface area contributed by atoms with E-state index in [4.69, 9.17) is 20.8 Å². The zero-order valence-electron chi connectivity index (χ0n) is 20.9. The van der Waals surface area contributed by atoms with E-state index in [-0.39, 0.29) is 6.04 Å². The molecular formula is C26H35N9. The number of nitrogens with zero attached hydrogens (tertiary/aromatic N) is 6. The molecule has 1 saturated carbocycles. The van der Waals surface area contributed by atoms with Gasteiger partial charge in [0.25, 0.3) is 0 Å². The van der Waals surface area contributed by atoms with Gasteiger partial charge in [-0.3, -0.25) is 4.68 Å². The molecular weight excluding hydrogens is 438 g/mol. The van der Waals surface area contributed by atoms with Crippen LogP contribution in [0.1, 0.15) is 65.5 Å². The summed E-state index contributed by atoms with van der Waals surface area (Å²) in [5, 5.41) is 17.4. The van der Waals surface area contributed by atoms with Crippen LogP contribution in [0.2, 0.25) is 0 Å². The van der Waals surface area contributed by atoms with E-state index in [1.165, 1.54) is 0 Å². The van der Waals surface area contributed by atoms with Crippen molar-refractivity contribution in [3.05, 3.63) is 42.9 Å². The molecule has 4 aromatic rings. The molecule has 0 bridgehead atoms. The van der Waals surface area contributed by atoms with Gasteiger partial charge in [-0.05, 0) is 71.6 Å². The lowest BCUT2D eigenvalue weighted by atomic mass is 9.91. The third-order valence-electron chi connectivity index (χ3n) is 6.64. The van der Waals surface area contributed by atoms with Gasteiger partial charge in [0.05, 0.1) is 11.9 Å². The first-order valence-electron chi connectivity index (χ1n) is 12.6. The highest BCUT2D eigenvalue weighted by atomic mass is 15.3. The number of hydrogen-bond donors (Lipinski definition) is 3. The summed E-state index contributed by atoms with van der Waals surface area (Å²) in [6.45, 7) is 8.46. The number of hydrogen-bond acceptors (Lipinski definition) is 7. The van der Waals surface area contributed by atoms with Crippen LogP contribution in [-0.2, 0) is 0 Å². The van der Waals surface area contributed by atoms with Gasteiger partial charge in [0.2, 0.25) is 0 Å². The molecule has 4 N–H and O–H groups in total. The van der Waals surface area contributed by atoms with E-state index in [0.717, 1.165) is 65.3 Å². The number of aromatic nitrogens is 6. The fraction of sp³-hybridized carbons (Fsp3) is 0.462. The summed E-state index contributed by atoms with van der Waals surface area (Å²) in [4.78, 5) is 9.52. The minimum atomic E-state index is 0.234. The Morgan fingerprint density at radius 1 is 0.971 bits per heavy atom. The zero-order chi connectivity index (χ0) is 24.5. The second-order valence-electron chi connectivity index (χ2n) is 10.1. The molecule has 0 aromatic carbocycles. The smallest absolute Gasteiger partial charge is 0.160 e. The minimum Gasteiger partial charge on any atom is -0.382 e. The normalized spacial score (nSPS) is 18.5. The van der Waals surface area contributed by atoms with Crippen LogP contribution in [0.5, 0.6) is 0 Å². The van der Waals surface area contributed by atoms with E-state index in [2.05, 4.69) is 55.6 Å². The number of fused-ring (bicyclic) bond motifs is 1. The molecule has 9 nitrogen and oxygen atoms in total. The van der Waals surface area contributed by atoms with E-state index in [1.54, 1.807) is 0 Å². The highest BCUT2D eigenvalue weighted by Gasteiger charge is 2.21. The van der Waals surface area contributed by atoms with Gasteiger partial charge in [0.15, 0.2) is 5.65 Å². The Labute approximate surface area is 206 Å². The molecule has 184 valence electrons. The van der Waals surface area contributed by atoms with Crippen molar-refractivity contribution in [1.29, 1.82) is 0 Å². The third-order valence-corrected chi connectivity index (χ3v) is 6.64. The number of nitrogens with one attached hydrogen (secondary N) is 2. The third kappa shape index (κ3) is 5.00. The fourth-order valence-electron chi connectivity index (χ4n) is 4.60. The van der Waals surface area contributed by atoms with Crippen LogP contribution < -0.4 is 16.4 Å². The summed E-state index contributed by atoms with van der Waals surface area (Å²) in [6, 6.07) is 9.33. The average Bonchev–Trinajstić information content (AvgIpc) is 3.48. The Morgan fingerprint density at radius 3 is 2.49 bits per heavy atom. The highest BCUT2D eigenvalue weighted by Crippen LogP contribution is 2.32. The maximum atomic E-state index is 6.14. The Balaban J connectivity index is 1.46. The van der Waals surface area contributed by atoms with Gasteiger partial charge in [-0.25, -0.2) is 14.6 Å². The summed E-state index contributed by atoms with van der Waals surface area (Å²) in [5.41, 5.74) is 9.92. The molecule has 1 aliphatic rings. The van der Waals surface area contributed by atoms with Gasteiger partial charge in [0.1, 0.15) is 11.6 Å². The van der Waals surface area contributed by atoms with Crippen LogP contribution in [0.25, 0.3) is 22.3 Å². The van der Waals surface area contributed by atoms with Crippen LogP contribution in [0.15, 0.2) is 42.9 Å². The van der Waals surface area contributed by atoms with Gasteiger partial charge in [-0.2, -0.15) is 10.2 Å². The quantitative estimate of drug-likeness (QED) is 0.335. The molecule has 0 amide bonds. The summed E-state index contributed by atoms with van der Waals surface area (Å²) >= 11 is 0. The summed E-state index contributed by atoms with van der Waals surface area (Å²) in [7, 11) is 0. The molecule has 1 aliphatic carbocycles. The largest absolute Gasteiger partial charge is 0.382 e. The monoisotopic (exact) mass is 473 g/mol. The van der Waals surface area contributed by atoms with Crippen molar-refractivity contribution in [3.63, 3.8) is 0 Å². The van der Waals surface area contributed by atoms with Crippen LogP contribution in [0.4, 0.5) is 17.3 Å². The molecule has 5 rings (SSSR count). The number of pyridine rings is 2. The maximum absolute atomic E-state index is 6.14. The molecule has 0 radical (unpaired) electrons. The zero-order valence-corrected chi connectivity index (χ0v) is 20.9. The molecule has 0 unspecified atom stereocenters. The van der Waals surface area contributed by atoms with Crippen molar-refractivity contribution in [1.82, 2.24) is 29.5 Å². The van der Waals surface area contributed by atoms with Crippen LogP contribution >= 0.6 is 0 Å². The van der Waals surface area contributed by atoms with E-state index < -0.39 is 0 Å². The van der Waals surface area contributed by atoms with Gasteiger partial charge in [-0.1, -0.05) is 0 Å². The van der Waals surface area contributed by atoms with Crippen molar-refractivity contribution in [2.75, 3.05) is 10.6 Å². The second kappa shape index (κ2) is 9.65. The first kappa shape index (κ1) is 23.3. The summed E-state index contributed by atoms with van der Waals surface area (Å²) < 4.78 is 3.91.